The van der Waals surface area contributed by atoms with Gasteiger partial charge >= 0.3 is 0 Å². The van der Waals surface area contributed by atoms with E-state index in [1.807, 2.05) is 12.4 Å². The smallest absolute Gasteiger partial charge is 0.0979 e. The van der Waals surface area contributed by atoms with Gasteiger partial charge in [0, 0.05) is 32.7 Å². The lowest BCUT2D eigenvalue weighted by molar-refractivity contribution is 1.30. The van der Waals surface area contributed by atoms with Crippen molar-refractivity contribution in [1.82, 2.24) is 19.9 Å². The summed E-state index contributed by atoms with van der Waals surface area (Å²) in [5.41, 5.74) is 14.6. The van der Waals surface area contributed by atoms with Crippen LogP contribution in [-0.4, -0.2) is 19.9 Å². The highest BCUT2D eigenvalue weighted by atomic mass is 14.8. The monoisotopic (exact) mass is 666 g/mol. The van der Waals surface area contributed by atoms with Crippen molar-refractivity contribution in [3.8, 4) is 33.6 Å². The predicted octanol–water partition coefficient (Wildman–Crippen LogP) is 12.4. The van der Waals surface area contributed by atoms with Gasteiger partial charge in [-0.15, -0.1) is 0 Å². The highest BCUT2D eigenvalue weighted by molar-refractivity contribution is 6.24. The van der Waals surface area contributed by atoms with Crippen molar-refractivity contribution >= 4 is 65.2 Å². The molecule has 0 aliphatic rings. The van der Waals surface area contributed by atoms with Gasteiger partial charge in [-0.25, -0.2) is 9.97 Å². The molecule has 0 bridgehead atoms. The van der Waals surface area contributed by atoms with Crippen LogP contribution in [0.4, 0.5) is 0 Å². The van der Waals surface area contributed by atoms with E-state index in [0.29, 0.717) is 0 Å². The molecule has 0 spiro atoms. The molecule has 2 aromatic heterocycles. The van der Waals surface area contributed by atoms with Crippen molar-refractivity contribution in [3.63, 3.8) is 0 Å². The molecule has 0 fully saturated rings. The molecule has 52 heavy (non-hydrogen) atoms. The summed E-state index contributed by atoms with van der Waals surface area (Å²) in [6, 6.07) is 43.6. The fourth-order valence-corrected chi connectivity index (χ4v) is 7.89. The Hall–Kier alpha value is -6.52. The van der Waals surface area contributed by atoms with Crippen molar-refractivity contribution in [3.05, 3.63) is 156 Å². The summed E-state index contributed by atoms with van der Waals surface area (Å²) >= 11 is 0. The molecular formula is C48H34N4. The van der Waals surface area contributed by atoms with Crippen molar-refractivity contribution in [2.45, 2.75) is 27.7 Å². The first-order valence-corrected chi connectivity index (χ1v) is 17.8. The summed E-state index contributed by atoms with van der Waals surface area (Å²) < 4.78 is 0. The molecule has 4 heteroatoms. The van der Waals surface area contributed by atoms with E-state index in [0.717, 1.165) is 77.3 Å². The van der Waals surface area contributed by atoms with Gasteiger partial charge in [0.1, 0.15) is 0 Å². The number of aromatic nitrogens is 4. The van der Waals surface area contributed by atoms with Gasteiger partial charge in [-0.05, 0) is 72.5 Å². The maximum absolute atomic E-state index is 5.28. The summed E-state index contributed by atoms with van der Waals surface area (Å²) in [4.78, 5) is 20.6. The number of nitrogens with zero attached hydrogens (tertiary/aromatic N) is 4. The van der Waals surface area contributed by atoms with Crippen LogP contribution in [0.15, 0.2) is 134 Å². The lowest BCUT2D eigenvalue weighted by Crippen LogP contribution is -1.94. The van der Waals surface area contributed by atoms with Gasteiger partial charge in [0.25, 0.3) is 0 Å². The van der Waals surface area contributed by atoms with Crippen LogP contribution in [0.3, 0.4) is 0 Å². The van der Waals surface area contributed by atoms with Gasteiger partial charge in [-0.3, -0.25) is 9.97 Å². The van der Waals surface area contributed by atoms with E-state index < -0.39 is 0 Å². The minimum absolute atomic E-state index is 0.851. The van der Waals surface area contributed by atoms with Crippen molar-refractivity contribution in [2.24, 2.45) is 0 Å². The van der Waals surface area contributed by atoms with Crippen LogP contribution >= 0.6 is 0 Å². The summed E-state index contributed by atoms with van der Waals surface area (Å²) in [6.45, 7) is 8.57. The fraction of sp³-hybridized carbons (Fsp3) is 0.0833. The lowest BCUT2D eigenvalue weighted by Gasteiger charge is -2.13. The molecule has 0 saturated carbocycles. The van der Waals surface area contributed by atoms with Crippen LogP contribution < -0.4 is 0 Å². The molecule has 0 saturated heterocycles. The standard InChI is InChI=1S/C48H34N4/c1-27-11-15-35-39(19-27)41-21-29(3)13-17-37(41)47-45(35)49-25-43(51-47)33-9-5-7-31(23-33)32-8-6-10-34(24-32)44-26-50-46-36-16-12-28(2)20-40(36)42-22-30(4)14-18-38(42)48(46)52-44/h5-26H,1-4H3. The number of hydrogen-bond donors (Lipinski definition) is 0. The number of aryl methyl sites for hydroxylation is 4. The summed E-state index contributed by atoms with van der Waals surface area (Å²) in [5.74, 6) is 0. The van der Waals surface area contributed by atoms with Crippen LogP contribution in [0.25, 0.3) is 98.8 Å². The van der Waals surface area contributed by atoms with Gasteiger partial charge in [0.15, 0.2) is 0 Å². The molecule has 0 aliphatic heterocycles. The van der Waals surface area contributed by atoms with Gasteiger partial charge < -0.3 is 0 Å². The zero-order valence-electron chi connectivity index (χ0n) is 29.5. The van der Waals surface area contributed by atoms with E-state index in [-0.39, 0.29) is 0 Å². The molecule has 246 valence electrons. The van der Waals surface area contributed by atoms with Gasteiger partial charge in [0.2, 0.25) is 0 Å². The molecule has 10 aromatic rings. The highest BCUT2D eigenvalue weighted by Crippen LogP contribution is 2.38. The van der Waals surface area contributed by atoms with E-state index in [2.05, 4.69) is 149 Å². The molecule has 0 aliphatic carbocycles. The Morgan fingerprint density at radius 2 is 0.635 bits per heavy atom. The average Bonchev–Trinajstić information content (AvgIpc) is 3.17. The molecule has 4 nitrogen and oxygen atoms in total. The first kappa shape index (κ1) is 30.3. The Bertz CT molecular complexity index is 2910. The molecule has 0 radical (unpaired) electrons. The lowest BCUT2D eigenvalue weighted by atomic mass is 9.96. The van der Waals surface area contributed by atoms with Gasteiger partial charge in [-0.1, -0.05) is 131 Å². The minimum Gasteiger partial charge on any atom is -0.252 e. The molecule has 10 rings (SSSR count). The first-order chi connectivity index (χ1) is 25.4. The maximum Gasteiger partial charge on any atom is 0.0979 e. The van der Waals surface area contributed by atoms with Crippen LogP contribution in [0.1, 0.15) is 22.3 Å². The van der Waals surface area contributed by atoms with Crippen LogP contribution in [0.5, 0.6) is 0 Å². The normalized spacial score (nSPS) is 11.8. The summed E-state index contributed by atoms with van der Waals surface area (Å²) in [7, 11) is 0. The molecular weight excluding hydrogens is 633 g/mol. The van der Waals surface area contributed by atoms with E-state index >= 15 is 0 Å². The zero-order valence-corrected chi connectivity index (χ0v) is 29.5. The minimum atomic E-state index is 0.851. The van der Waals surface area contributed by atoms with Crippen molar-refractivity contribution in [1.29, 1.82) is 0 Å². The van der Waals surface area contributed by atoms with E-state index in [1.54, 1.807) is 0 Å². The Labute approximate surface area is 301 Å². The largest absolute Gasteiger partial charge is 0.252 e. The molecule has 8 aromatic carbocycles. The number of rotatable bonds is 3. The van der Waals surface area contributed by atoms with Crippen LogP contribution in [0.2, 0.25) is 0 Å². The van der Waals surface area contributed by atoms with E-state index in [4.69, 9.17) is 19.9 Å². The second kappa shape index (κ2) is 11.5. The molecule has 2 heterocycles. The van der Waals surface area contributed by atoms with Gasteiger partial charge in [-0.2, -0.15) is 0 Å². The maximum atomic E-state index is 5.28. The van der Waals surface area contributed by atoms with Crippen LogP contribution in [0, 0.1) is 27.7 Å². The number of hydrogen-bond acceptors (Lipinski definition) is 4. The SMILES string of the molecule is Cc1ccc2c(c1)c1cc(C)ccc1c1nc(-c3cccc(-c4cccc(-c5cnc6c7ccc(C)cc7c7cc(C)ccc7c6n5)c4)c3)cnc21. The summed E-state index contributed by atoms with van der Waals surface area (Å²) in [5, 5.41) is 9.38. The van der Waals surface area contributed by atoms with Gasteiger partial charge in [0.05, 0.1) is 45.8 Å². The van der Waals surface area contributed by atoms with E-state index in [9.17, 15) is 0 Å². The second-order valence-electron chi connectivity index (χ2n) is 14.3. The Morgan fingerprint density at radius 3 is 1.00 bits per heavy atom. The second-order valence-corrected chi connectivity index (χ2v) is 14.3. The predicted molar refractivity (Wildman–Crippen MR) is 218 cm³/mol. The topological polar surface area (TPSA) is 51.6 Å². The van der Waals surface area contributed by atoms with Crippen molar-refractivity contribution < 1.29 is 0 Å². The molecule has 0 amide bonds. The third kappa shape index (κ3) is 4.83. The first-order valence-electron chi connectivity index (χ1n) is 17.8. The average molecular weight is 667 g/mol. The Balaban J connectivity index is 1.08. The highest BCUT2D eigenvalue weighted by Gasteiger charge is 2.16. The summed E-state index contributed by atoms with van der Waals surface area (Å²) in [6.07, 6.45) is 3.83. The molecule has 0 unspecified atom stereocenters. The van der Waals surface area contributed by atoms with Crippen molar-refractivity contribution in [2.75, 3.05) is 0 Å². The zero-order chi connectivity index (χ0) is 35.1. The van der Waals surface area contributed by atoms with Crippen LogP contribution in [-0.2, 0) is 0 Å². The third-order valence-electron chi connectivity index (χ3n) is 10.5. The molecule has 0 N–H and O–H groups in total. The Morgan fingerprint density at radius 1 is 0.308 bits per heavy atom. The third-order valence-corrected chi connectivity index (χ3v) is 10.5. The number of fused-ring (bicyclic) bond motifs is 12. The number of benzene rings is 8. The molecule has 0 atom stereocenters. The van der Waals surface area contributed by atoms with E-state index in [1.165, 1.54) is 43.8 Å². The quantitative estimate of drug-likeness (QED) is 0.176. The Kier molecular flexibility index (Phi) is 6.71. The fourth-order valence-electron chi connectivity index (χ4n) is 7.89.